The Kier molecular flexibility index (Phi) is 12.0. The molecule has 0 saturated heterocycles. The van der Waals surface area contributed by atoms with E-state index in [0.29, 0.717) is 3.67 Å². The van der Waals surface area contributed by atoms with Gasteiger partial charge in [-0.2, -0.15) is 0 Å². The topological polar surface area (TPSA) is 6.48 Å². The van der Waals surface area contributed by atoms with E-state index in [1.165, 1.54) is 33.6 Å². The van der Waals surface area contributed by atoms with Crippen LogP contribution >= 0.6 is 0 Å². The van der Waals surface area contributed by atoms with E-state index >= 15 is 0 Å². The fourth-order valence-electron chi connectivity index (χ4n) is 6.94. The molecule has 0 aromatic heterocycles. The first kappa shape index (κ1) is 34.2. The molecule has 6 rings (SSSR count). The SMILES string of the molecule is CCN(CC)c1ccc2c(c1)[CH]([Hf+2]([C]1=CC=CC1)=[C](c1ccccc1)c1ccccc1)c1cc(N(CC)CC)ccc1-2.[Cl-].[Cl-]. The third-order valence-corrected chi connectivity index (χ3v) is 21.2. The molecule has 2 aliphatic rings. The molecular weight excluding hydrogens is 746 g/mol. The van der Waals surface area contributed by atoms with Crippen molar-refractivity contribution in [1.82, 2.24) is 0 Å². The van der Waals surface area contributed by atoms with Crippen LogP contribution in [0.3, 0.4) is 0 Å². The van der Waals surface area contributed by atoms with Crippen LogP contribution in [0.15, 0.2) is 119 Å². The first-order valence-electron chi connectivity index (χ1n) is 15.7. The summed E-state index contributed by atoms with van der Waals surface area (Å²) in [5.41, 5.74) is 11.5. The van der Waals surface area contributed by atoms with Crippen LogP contribution in [0.1, 0.15) is 60.0 Å². The fourth-order valence-corrected chi connectivity index (χ4v) is 20.1. The van der Waals surface area contributed by atoms with Crippen LogP contribution in [-0.4, -0.2) is 29.4 Å². The molecule has 0 amide bonds. The average molecular weight is 788 g/mol. The van der Waals surface area contributed by atoms with Crippen LogP contribution in [0.25, 0.3) is 11.1 Å². The van der Waals surface area contributed by atoms with Crippen molar-refractivity contribution in [2.24, 2.45) is 0 Å². The van der Waals surface area contributed by atoms with E-state index in [-0.39, 0.29) is 24.8 Å². The van der Waals surface area contributed by atoms with E-state index in [1.807, 2.05) is 0 Å². The summed E-state index contributed by atoms with van der Waals surface area (Å²) in [6, 6.07) is 37.3. The summed E-state index contributed by atoms with van der Waals surface area (Å²) in [4.78, 5) is 5.00. The molecule has 0 N–H and O–H groups in total. The van der Waals surface area contributed by atoms with E-state index in [4.69, 9.17) is 0 Å². The van der Waals surface area contributed by atoms with E-state index in [0.717, 1.165) is 32.6 Å². The summed E-state index contributed by atoms with van der Waals surface area (Å²) in [7, 11) is 0. The van der Waals surface area contributed by atoms with Gasteiger partial charge in [-0.15, -0.1) is 0 Å². The van der Waals surface area contributed by atoms with Crippen molar-refractivity contribution in [3.8, 4) is 11.1 Å². The molecule has 226 valence electrons. The van der Waals surface area contributed by atoms with Crippen LogP contribution in [0.4, 0.5) is 11.4 Å². The Morgan fingerprint density at radius 3 is 1.48 bits per heavy atom. The number of fused-ring (bicyclic) bond motifs is 3. The predicted molar refractivity (Wildman–Crippen MR) is 179 cm³/mol. The van der Waals surface area contributed by atoms with Crippen molar-refractivity contribution in [2.45, 2.75) is 37.8 Å². The standard InChI is InChI=1S/C21H27N2.C13H10.C5H5.2ClH.Hf/c1-5-22(6-2)18-9-11-20-16(14-18)13-17-15-19(10-12-21(17)20)23(7-3)8-4;1-3-7-12(8-4-1)11-13-9-5-2-6-10-13;1-2-4-5-3-1;;;/h9-15H,5-8H2,1-4H3;1-10H;1-3H,4H2;2*1H;/q;;;;;+2/p-2. The maximum Gasteiger partial charge on any atom is -1.00 e. The number of allylic oxidation sites excluding steroid dienone is 4. The zero-order valence-electron chi connectivity index (χ0n) is 26.2. The van der Waals surface area contributed by atoms with Gasteiger partial charge in [0.15, 0.2) is 0 Å². The van der Waals surface area contributed by atoms with Crippen LogP contribution < -0.4 is 34.6 Å². The van der Waals surface area contributed by atoms with Crippen LogP contribution in [0.5, 0.6) is 0 Å². The summed E-state index contributed by atoms with van der Waals surface area (Å²) < 4.78 is 3.75. The molecule has 4 aromatic rings. The van der Waals surface area contributed by atoms with Gasteiger partial charge in [-0.1, -0.05) is 0 Å². The third kappa shape index (κ3) is 6.48. The summed E-state index contributed by atoms with van der Waals surface area (Å²) >= 11 is -2.93. The molecule has 4 aromatic carbocycles. The molecule has 2 aliphatic carbocycles. The normalized spacial score (nSPS) is 12.7. The quantitative estimate of drug-likeness (QED) is 0.228. The first-order valence-corrected chi connectivity index (χ1v) is 21.3. The maximum atomic E-state index is 2.56. The van der Waals surface area contributed by atoms with Crippen LogP contribution in [-0.2, 0) is 21.0 Å². The largest absolute Gasteiger partial charge is 1.00 e. The van der Waals surface area contributed by atoms with E-state index in [2.05, 4.69) is 153 Å². The predicted octanol–water partition coefficient (Wildman–Crippen LogP) is 3.19. The second kappa shape index (κ2) is 15.5. The average Bonchev–Trinajstić information content (AvgIpc) is 3.68. The molecule has 0 aliphatic heterocycles. The van der Waals surface area contributed by atoms with E-state index in [9.17, 15) is 0 Å². The van der Waals surface area contributed by atoms with Crippen molar-refractivity contribution in [1.29, 1.82) is 0 Å². The molecule has 5 heteroatoms. The Bertz CT molecular complexity index is 1550. The summed E-state index contributed by atoms with van der Waals surface area (Å²) in [6.07, 6.45) is 8.25. The monoisotopic (exact) mass is 788 g/mol. The molecule has 0 bridgehead atoms. The zero-order valence-corrected chi connectivity index (χ0v) is 31.3. The number of halogens is 2. The molecular formula is C39H42Cl2HfN2. The number of hydrogen-bond acceptors (Lipinski definition) is 2. The first-order chi connectivity index (χ1) is 20.7. The molecule has 44 heavy (non-hydrogen) atoms. The Morgan fingerprint density at radius 2 is 1.09 bits per heavy atom. The van der Waals surface area contributed by atoms with Gasteiger partial charge in [0.2, 0.25) is 0 Å². The van der Waals surface area contributed by atoms with Gasteiger partial charge in [0, 0.05) is 0 Å². The van der Waals surface area contributed by atoms with Gasteiger partial charge in [0.1, 0.15) is 0 Å². The van der Waals surface area contributed by atoms with Gasteiger partial charge in [0.05, 0.1) is 0 Å². The molecule has 0 unspecified atom stereocenters. The Morgan fingerprint density at radius 1 is 0.636 bits per heavy atom. The third-order valence-electron chi connectivity index (χ3n) is 9.04. The fraction of sp³-hybridized carbons (Fsp3) is 0.256. The van der Waals surface area contributed by atoms with Crippen molar-refractivity contribution >= 4 is 14.6 Å². The second-order valence-electron chi connectivity index (χ2n) is 11.2. The second-order valence-corrected chi connectivity index (χ2v) is 20.3. The van der Waals surface area contributed by atoms with Crippen molar-refractivity contribution < 1.29 is 45.8 Å². The minimum atomic E-state index is -2.93. The van der Waals surface area contributed by atoms with Crippen LogP contribution in [0, 0.1) is 0 Å². The Balaban J connectivity index is 0.00000221. The number of hydrogen-bond donors (Lipinski definition) is 0. The Hall–Kier alpha value is -2.72. The minimum Gasteiger partial charge on any atom is -1.00 e. The molecule has 2 nitrogen and oxygen atoms in total. The van der Waals surface area contributed by atoms with Crippen molar-refractivity contribution in [3.63, 3.8) is 0 Å². The van der Waals surface area contributed by atoms with Gasteiger partial charge in [-0.3, -0.25) is 0 Å². The molecule has 0 spiro atoms. The van der Waals surface area contributed by atoms with Crippen molar-refractivity contribution in [2.75, 3.05) is 36.0 Å². The smallest absolute Gasteiger partial charge is 1.00 e. The summed E-state index contributed by atoms with van der Waals surface area (Å²) in [5, 5.41) is 0. The molecule has 0 saturated carbocycles. The number of nitrogens with zero attached hydrogens (tertiary/aromatic N) is 2. The van der Waals surface area contributed by atoms with Gasteiger partial charge >= 0.3 is 261 Å². The molecule has 0 atom stereocenters. The van der Waals surface area contributed by atoms with Gasteiger partial charge in [-0.05, 0) is 0 Å². The van der Waals surface area contributed by atoms with E-state index in [1.54, 1.807) is 17.7 Å². The number of rotatable bonds is 10. The molecule has 0 radical (unpaired) electrons. The number of anilines is 2. The summed E-state index contributed by atoms with van der Waals surface area (Å²) in [6.45, 7) is 13.2. The van der Waals surface area contributed by atoms with Gasteiger partial charge in [0.25, 0.3) is 0 Å². The van der Waals surface area contributed by atoms with Crippen molar-refractivity contribution in [3.05, 3.63) is 141 Å². The molecule has 0 fully saturated rings. The van der Waals surface area contributed by atoms with Crippen LogP contribution in [0.2, 0.25) is 0 Å². The maximum absolute atomic E-state index is 2.93. The van der Waals surface area contributed by atoms with E-state index < -0.39 is 21.0 Å². The van der Waals surface area contributed by atoms with Gasteiger partial charge in [-0.25, -0.2) is 0 Å². The van der Waals surface area contributed by atoms with Gasteiger partial charge < -0.3 is 24.8 Å². The minimum absolute atomic E-state index is 0. The molecule has 0 heterocycles. The summed E-state index contributed by atoms with van der Waals surface area (Å²) in [5.74, 6) is 0. The number of benzene rings is 4. The Labute approximate surface area is 284 Å². The zero-order chi connectivity index (χ0) is 29.1.